The second-order valence-electron chi connectivity index (χ2n) is 1.98. The normalized spacial score (nSPS) is 9.00. The average Bonchev–Trinajstić information content (AvgIpc) is 2.05. The molecule has 60 valence electrons. The van der Waals surface area contributed by atoms with Gasteiger partial charge in [-0.25, -0.2) is 0 Å². The first kappa shape index (κ1) is 9.11. The number of nitriles is 1. The van der Waals surface area contributed by atoms with Crippen molar-refractivity contribution in [1.29, 1.82) is 5.26 Å². The van der Waals surface area contributed by atoms with Gasteiger partial charge in [-0.1, -0.05) is 0 Å². The maximum atomic E-state index is 10.4. The smallest absolute Gasteiger partial charge is 0.268 e. The van der Waals surface area contributed by atoms with E-state index in [0.29, 0.717) is 5.56 Å². The fourth-order valence-corrected chi connectivity index (χ4v) is 1.41. The molecule has 12 heavy (non-hydrogen) atoms. The largest absolute Gasteiger partial charge is 0.284 e. The summed E-state index contributed by atoms with van der Waals surface area (Å²) in [4.78, 5) is 11.2. The summed E-state index contributed by atoms with van der Waals surface area (Å²) in [6.45, 7) is 0. The van der Waals surface area contributed by atoms with Gasteiger partial charge < -0.3 is 0 Å². The van der Waals surface area contributed by atoms with Crippen LogP contribution in [0.15, 0.2) is 29.2 Å². The van der Waals surface area contributed by atoms with Crippen LogP contribution >= 0.6 is 23.4 Å². The highest BCUT2D eigenvalue weighted by atomic mass is 35.5. The molecule has 2 nitrogen and oxygen atoms in total. The summed E-state index contributed by atoms with van der Waals surface area (Å²) in [7, 11) is 0. The summed E-state index contributed by atoms with van der Waals surface area (Å²) in [5.74, 6) is 0. The summed E-state index contributed by atoms with van der Waals surface area (Å²) in [6, 6.07) is 8.63. The minimum Gasteiger partial charge on any atom is -0.268 e. The van der Waals surface area contributed by atoms with Gasteiger partial charge in [-0.2, -0.15) is 5.26 Å². The lowest BCUT2D eigenvalue weighted by molar-refractivity contribution is 0.276. The Morgan fingerprint density at radius 3 is 2.42 bits per heavy atom. The van der Waals surface area contributed by atoms with E-state index < -0.39 is 4.57 Å². The molecule has 1 aromatic carbocycles. The van der Waals surface area contributed by atoms with Crippen molar-refractivity contribution in [3.63, 3.8) is 0 Å². The van der Waals surface area contributed by atoms with Crippen LogP contribution in [0.3, 0.4) is 0 Å². The zero-order valence-electron chi connectivity index (χ0n) is 5.95. The summed E-state index contributed by atoms with van der Waals surface area (Å²) < 4.78 is -0.472. The molecule has 0 aliphatic carbocycles. The molecule has 0 spiro atoms. The van der Waals surface area contributed by atoms with Crippen LogP contribution in [0.4, 0.5) is 4.79 Å². The van der Waals surface area contributed by atoms with Crippen molar-refractivity contribution < 1.29 is 4.79 Å². The molecule has 0 heterocycles. The van der Waals surface area contributed by atoms with Gasteiger partial charge in [0.05, 0.1) is 11.6 Å². The molecule has 0 N–H and O–H groups in total. The number of hydrogen-bond acceptors (Lipinski definition) is 3. The first-order chi connectivity index (χ1) is 5.72. The molecule has 0 saturated carbocycles. The number of nitrogens with zero attached hydrogens (tertiary/aromatic N) is 1. The molecule has 0 amide bonds. The van der Waals surface area contributed by atoms with Crippen molar-refractivity contribution in [1.82, 2.24) is 0 Å². The third kappa shape index (κ3) is 2.57. The van der Waals surface area contributed by atoms with E-state index in [2.05, 4.69) is 0 Å². The monoisotopic (exact) mass is 197 g/mol. The molecule has 0 aliphatic heterocycles. The molecule has 0 fully saturated rings. The molecular weight excluding hydrogens is 194 g/mol. The van der Waals surface area contributed by atoms with Crippen molar-refractivity contribution in [2.75, 3.05) is 0 Å². The van der Waals surface area contributed by atoms with E-state index in [0.717, 1.165) is 16.7 Å². The molecule has 0 saturated heterocycles. The maximum absolute atomic E-state index is 10.4. The van der Waals surface area contributed by atoms with E-state index in [9.17, 15) is 4.79 Å². The van der Waals surface area contributed by atoms with E-state index >= 15 is 0 Å². The standard InChI is InChI=1S/C8H4ClNOS/c9-8(11)12-7-3-1-6(5-10)2-4-7/h1-4H. The van der Waals surface area contributed by atoms with Crippen LogP contribution < -0.4 is 0 Å². The Morgan fingerprint density at radius 1 is 1.42 bits per heavy atom. The molecular formula is C8H4ClNOS. The summed E-state index contributed by atoms with van der Waals surface area (Å²) in [5, 5.41) is 8.46. The van der Waals surface area contributed by atoms with Gasteiger partial charge in [-0.3, -0.25) is 4.79 Å². The van der Waals surface area contributed by atoms with Gasteiger partial charge in [0, 0.05) is 4.90 Å². The Balaban J connectivity index is 2.80. The fraction of sp³-hybridized carbons (Fsp3) is 0. The van der Waals surface area contributed by atoms with Crippen molar-refractivity contribution in [2.45, 2.75) is 4.90 Å². The van der Waals surface area contributed by atoms with Crippen LogP contribution in [0.25, 0.3) is 0 Å². The van der Waals surface area contributed by atoms with Gasteiger partial charge >= 0.3 is 0 Å². The highest BCUT2D eigenvalue weighted by Gasteiger charge is 1.99. The van der Waals surface area contributed by atoms with Gasteiger partial charge in [-0.15, -0.1) is 0 Å². The van der Waals surface area contributed by atoms with Gasteiger partial charge in [0.2, 0.25) is 0 Å². The number of rotatable bonds is 1. The molecule has 0 unspecified atom stereocenters. The number of hydrogen-bond donors (Lipinski definition) is 0. The molecule has 1 aromatic rings. The third-order valence-corrected chi connectivity index (χ3v) is 2.08. The third-order valence-electron chi connectivity index (χ3n) is 1.18. The maximum Gasteiger partial charge on any atom is 0.284 e. The molecule has 0 radical (unpaired) electrons. The molecule has 0 bridgehead atoms. The van der Waals surface area contributed by atoms with Gasteiger partial charge in [0.15, 0.2) is 0 Å². The molecule has 4 heteroatoms. The Bertz CT molecular complexity index is 328. The topological polar surface area (TPSA) is 40.9 Å². The Morgan fingerprint density at radius 2 is 2.00 bits per heavy atom. The van der Waals surface area contributed by atoms with E-state index in [1.807, 2.05) is 6.07 Å². The van der Waals surface area contributed by atoms with Crippen molar-refractivity contribution in [3.8, 4) is 6.07 Å². The number of carbonyl (C=O) groups is 1. The Hall–Kier alpha value is -0.980. The van der Waals surface area contributed by atoms with E-state index in [1.165, 1.54) is 0 Å². The average molecular weight is 198 g/mol. The minimum atomic E-state index is -0.472. The van der Waals surface area contributed by atoms with Gasteiger partial charge in [-0.05, 0) is 47.6 Å². The van der Waals surface area contributed by atoms with Crippen molar-refractivity contribution in [2.24, 2.45) is 0 Å². The lowest BCUT2D eigenvalue weighted by Crippen LogP contribution is -1.76. The lowest BCUT2D eigenvalue weighted by Gasteiger charge is -1.93. The van der Waals surface area contributed by atoms with Gasteiger partial charge in [0.1, 0.15) is 0 Å². The minimum absolute atomic E-state index is 0.472. The van der Waals surface area contributed by atoms with Crippen LogP contribution in [0, 0.1) is 11.3 Å². The van der Waals surface area contributed by atoms with Crippen LogP contribution in [0.5, 0.6) is 0 Å². The molecule has 0 aromatic heterocycles. The fourth-order valence-electron chi connectivity index (χ4n) is 0.690. The number of halogens is 1. The zero-order chi connectivity index (χ0) is 8.97. The predicted molar refractivity (Wildman–Crippen MR) is 48.3 cm³/mol. The number of thioether (sulfide) groups is 1. The summed E-state index contributed by atoms with van der Waals surface area (Å²) in [6.07, 6.45) is 0. The first-order valence-corrected chi connectivity index (χ1v) is 4.29. The summed E-state index contributed by atoms with van der Waals surface area (Å²) >= 11 is 6.08. The van der Waals surface area contributed by atoms with Crippen molar-refractivity contribution in [3.05, 3.63) is 29.8 Å². The highest BCUT2D eigenvalue weighted by molar-refractivity contribution is 8.16. The van der Waals surface area contributed by atoms with Crippen LogP contribution in [0.2, 0.25) is 0 Å². The number of carbonyl (C=O) groups excluding carboxylic acids is 1. The van der Waals surface area contributed by atoms with E-state index in [4.69, 9.17) is 16.9 Å². The Kier molecular flexibility index (Phi) is 3.15. The lowest BCUT2D eigenvalue weighted by atomic mass is 10.2. The first-order valence-electron chi connectivity index (χ1n) is 3.10. The zero-order valence-corrected chi connectivity index (χ0v) is 7.52. The SMILES string of the molecule is N#Cc1ccc(SC(=O)Cl)cc1. The summed E-state index contributed by atoms with van der Waals surface area (Å²) in [5.41, 5.74) is 0.571. The highest BCUT2D eigenvalue weighted by Crippen LogP contribution is 2.21. The number of benzene rings is 1. The molecule has 0 atom stereocenters. The van der Waals surface area contributed by atoms with E-state index in [1.54, 1.807) is 24.3 Å². The van der Waals surface area contributed by atoms with Crippen LogP contribution in [-0.2, 0) is 0 Å². The van der Waals surface area contributed by atoms with Crippen LogP contribution in [0.1, 0.15) is 5.56 Å². The predicted octanol–water partition coefficient (Wildman–Crippen LogP) is 3.01. The quantitative estimate of drug-likeness (QED) is 0.513. The molecule has 1 rings (SSSR count). The van der Waals surface area contributed by atoms with Crippen molar-refractivity contribution >= 4 is 27.9 Å². The Labute approximate surface area is 79.1 Å². The second-order valence-corrected chi connectivity index (χ2v) is 3.59. The van der Waals surface area contributed by atoms with Gasteiger partial charge in [0.25, 0.3) is 4.57 Å². The van der Waals surface area contributed by atoms with Crippen LogP contribution in [-0.4, -0.2) is 4.57 Å². The van der Waals surface area contributed by atoms with E-state index in [-0.39, 0.29) is 0 Å². The molecule has 0 aliphatic rings. The second kappa shape index (κ2) is 4.15.